The van der Waals surface area contributed by atoms with Crippen LogP contribution in [0.2, 0.25) is 0 Å². The van der Waals surface area contributed by atoms with E-state index in [4.69, 9.17) is 5.73 Å². The zero-order chi connectivity index (χ0) is 13.0. The second-order valence-corrected chi connectivity index (χ2v) is 5.30. The molecular formula is C15H24N2O. The quantitative estimate of drug-likeness (QED) is 0.636. The lowest BCUT2D eigenvalue weighted by atomic mass is 9.97. The fourth-order valence-corrected chi connectivity index (χ4v) is 2.88. The number of phenolic OH excluding ortho intramolecular Hbond substituents is 1. The Labute approximate surface area is 110 Å². The zero-order valence-corrected chi connectivity index (χ0v) is 11.2. The first-order valence-electron chi connectivity index (χ1n) is 7.02. The summed E-state index contributed by atoms with van der Waals surface area (Å²) >= 11 is 0. The molecule has 0 amide bonds. The molecule has 3 heteroatoms. The maximum atomic E-state index is 9.90. The van der Waals surface area contributed by atoms with Crippen LogP contribution in [0.5, 0.6) is 5.75 Å². The molecule has 0 saturated carbocycles. The first-order valence-corrected chi connectivity index (χ1v) is 7.02. The van der Waals surface area contributed by atoms with Gasteiger partial charge in [0.05, 0.1) is 0 Å². The minimum Gasteiger partial charge on any atom is -0.508 e. The van der Waals surface area contributed by atoms with Crippen LogP contribution in [0.4, 0.5) is 5.69 Å². The topological polar surface area (TPSA) is 49.5 Å². The van der Waals surface area contributed by atoms with Crippen molar-refractivity contribution in [2.45, 2.75) is 51.6 Å². The second-order valence-electron chi connectivity index (χ2n) is 5.30. The number of hydrogen-bond donors (Lipinski definition) is 2. The van der Waals surface area contributed by atoms with Crippen molar-refractivity contribution in [2.24, 2.45) is 0 Å². The van der Waals surface area contributed by atoms with Gasteiger partial charge in [0, 0.05) is 23.8 Å². The molecule has 1 aliphatic rings. The third kappa shape index (κ3) is 3.16. The predicted octanol–water partition coefficient (Wildman–Crippen LogP) is 3.13. The first-order chi connectivity index (χ1) is 8.70. The highest BCUT2D eigenvalue weighted by Gasteiger charge is 2.22. The van der Waals surface area contributed by atoms with Crippen LogP contribution >= 0.6 is 0 Å². The smallest absolute Gasteiger partial charge is 0.120 e. The summed E-state index contributed by atoms with van der Waals surface area (Å²) < 4.78 is 0. The standard InChI is InChI=1S/C15H24N2O/c1-2-5-14-6-3-4-9-17(14)11-12-10-13(16)7-8-15(12)18/h7-8,10,14,18H,2-6,9,11,16H2,1H3. The molecule has 1 unspecified atom stereocenters. The van der Waals surface area contributed by atoms with E-state index in [9.17, 15) is 5.11 Å². The molecule has 100 valence electrons. The van der Waals surface area contributed by atoms with Gasteiger partial charge in [-0.15, -0.1) is 0 Å². The van der Waals surface area contributed by atoms with Crippen molar-refractivity contribution in [1.82, 2.24) is 4.90 Å². The molecule has 18 heavy (non-hydrogen) atoms. The Bertz CT molecular complexity index is 390. The molecule has 1 aromatic rings. The number of piperidine rings is 1. The van der Waals surface area contributed by atoms with Gasteiger partial charge in [0.15, 0.2) is 0 Å². The van der Waals surface area contributed by atoms with Crippen LogP contribution in [0, 0.1) is 0 Å². The molecule has 1 aliphatic heterocycles. The van der Waals surface area contributed by atoms with Crippen molar-refractivity contribution in [2.75, 3.05) is 12.3 Å². The number of nitrogens with zero attached hydrogens (tertiary/aromatic N) is 1. The molecule has 1 atom stereocenters. The summed E-state index contributed by atoms with van der Waals surface area (Å²) in [5.74, 6) is 0.366. The Morgan fingerprint density at radius 1 is 1.39 bits per heavy atom. The number of likely N-dealkylation sites (tertiary alicyclic amines) is 1. The van der Waals surface area contributed by atoms with Gasteiger partial charge < -0.3 is 10.8 Å². The predicted molar refractivity (Wildman–Crippen MR) is 75.5 cm³/mol. The Kier molecular flexibility index (Phi) is 4.48. The van der Waals surface area contributed by atoms with E-state index in [0.717, 1.165) is 24.3 Å². The van der Waals surface area contributed by atoms with E-state index in [1.807, 2.05) is 6.07 Å². The van der Waals surface area contributed by atoms with Crippen molar-refractivity contribution in [3.05, 3.63) is 23.8 Å². The summed E-state index contributed by atoms with van der Waals surface area (Å²) in [4.78, 5) is 2.50. The fraction of sp³-hybridized carbons (Fsp3) is 0.600. The molecule has 0 aliphatic carbocycles. The summed E-state index contributed by atoms with van der Waals surface area (Å²) in [6, 6.07) is 6.01. The van der Waals surface area contributed by atoms with Gasteiger partial charge in [0.2, 0.25) is 0 Å². The highest BCUT2D eigenvalue weighted by Crippen LogP contribution is 2.27. The third-order valence-electron chi connectivity index (χ3n) is 3.85. The molecule has 3 nitrogen and oxygen atoms in total. The van der Waals surface area contributed by atoms with Crippen molar-refractivity contribution < 1.29 is 5.11 Å². The van der Waals surface area contributed by atoms with Gasteiger partial charge in [-0.1, -0.05) is 19.8 Å². The lowest BCUT2D eigenvalue weighted by Gasteiger charge is -2.35. The maximum absolute atomic E-state index is 9.90. The number of anilines is 1. The molecule has 0 radical (unpaired) electrons. The number of phenols is 1. The molecule has 2 rings (SSSR count). The minimum atomic E-state index is 0.366. The summed E-state index contributed by atoms with van der Waals surface area (Å²) in [7, 11) is 0. The van der Waals surface area contributed by atoms with Crippen molar-refractivity contribution in [3.8, 4) is 5.75 Å². The molecule has 3 N–H and O–H groups in total. The molecule has 1 fully saturated rings. The number of nitrogen functional groups attached to an aromatic ring is 1. The van der Waals surface area contributed by atoms with Crippen molar-refractivity contribution >= 4 is 5.69 Å². The average molecular weight is 248 g/mol. The SMILES string of the molecule is CCCC1CCCCN1Cc1cc(N)ccc1O. The number of nitrogens with two attached hydrogens (primary N) is 1. The van der Waals surface area contributed by atoms with Gasteiger partial charge in [0.25, 0.3) is 0 Å². The van der Waals surface area contributed by atoms with Crippen LogP contribution in [0.15, 0.2) is 18.2 Å². The van der Waals surface area contributed by atoms with E-state index >= 15 is 0 Å². The van der Waals surface area contributed by atoms with E-state index in [1.54, 1.807) is 12.1 Å². The summed E-state index contributed by atoms with van der Waals surface area (Å²) in [6.07, 6.45) is 6.37. The molecule has 1 saturated heterocycles. The normalized spacial score (nSPS) is 21.1. The van der Waals surface area contributed by atoms with Gasteiger partial charge >= 0.3 is 0 Å². The van der Waals surface area contributed by atoms with E-state index in [0.29, 0.717) is 11.8 Å². The van der Waals surface area contributed by atoms with Gasteiger partial charge in [-0.3, -0.25) is 4.90 Å². The number of aromatic hydroxyl groups is 1. The Morgan fingerprint density at radius 3 is 3.00 bits per heavy atom. The Balaban J connectivity index is 2.08. The van der Waals surface area contributed by atoms with Crippen LogP contribution in [0.3, 0.4) is 0 Å². The van der Waals surface area contributed by atoms with E-state index in [-0.39, 0.29) is 0 Å². The molecule has 0 spiro atoms. The second kappa shape index (κ2) is 6.10. The monoisotopic (exact) mass is 248 g/mol. The Hall–Kier alpha value is -1.22. The van der Waals surface area contributed by atoms with E-state index < -0.39 is 0 Å². The van der Waals surface area contributed by atoms with Gasteiger partial charge in [0.1, 0.15) is 5.75 Å². The maximum Gasteiger partial charge on any atom is 0.120 e. The molecule has 0 bridgehead atoms. The zero-order valence-electron chi connectivity index (χ0n) is 11.2. The first kappa shape index (κ1) is 13.2. The van der Waals surface area contributed by atoms with Crippen molar-refractivity contribution in [3.63, 3.8) is 0 Å². The van der Waals surface area contributed by atoms with Gasteiger partial charge in [-0.25, -0.2) is 0 Å². The summed E-state index contributed by atoms with van der Waals surface area (Å²) in [5, 5.41) is 9.90. The van der Waals surface area contributed by atoms with E-state index in [1.165, 1.54) is 32.1 Å². The van der Waals surface area contributed by atoms with E-state index in [2.05, 4.69) is 11.8 Å². The lowest BCUT2D eigenvalue weighted by molar-refractivity contribution is 0.130. The fourth-order valence-electron chi connectivity index (χ4n) is 2.88. The van der Waals surface area contributed by atoms with Crippen molar-refractivity contribution in [1.29, 1.82) is 0 Å². The third-order valence-corrected chi connectivity index (χ3v) is 3.85. The highest BCUT2D eigenvalue weighted by atomic mass is 16.3. The average Bonchev–Trinajstić information content (AvgIpc) is 2.36. The molecule has 0 aromatic heterocycles. The van der Waals surface area contributed by atoms with Crippen LogP contribution in [0.25, 0.3) is 0 Å². The highest BCUT2D eigenvalue weighted by molar-refractivity contribution is 5.47. The van der Waals surface area contributed by atoms with Crippen LogP contribution in [0.1, 0.15) is 44.6 Å². The Morgan fingerprint density at radius 2 is 2.22 bits per heavy atom. The molecule has 1 heterocycles. The molecular weight excluding hydrogens is 224 g/mol. The lowest BCUT2D eigenvalue weighted by Crippen LogP contribution is -2.38. The summed E-state index contributed by atoms with van der Waals surface area (Å²) in [6.45, 7) is 4.20. The van der Waals surface area contributed by atoms with Gasteiger partial charge in [-0.2, -0.15) is 0 Å². The minimum absolute atomic E-state index is 0.366. The number of hydrogen-bond acceptors (Lipinski definition) is 3. The molecule has 1 aromatic carbocycles. The number of benzene rings is 1. The van der Waals surface area contributed by atoms with Crippen LogP contribution < -0.4 is 5.73 Å². The largest absolute Gasteiger partial charge is 0.508 e. The van der Waals surface area contributed by atoms with Crippen LogP contribution in [-0.4, -0.2) is 22.6 Å². The number of rotatable bonds is 4. The summed E-state index contributed by atoms with van der Waals surface area (Å²) in [5.41, 5.74) is 7.48. The van der Waals surface area contributed by atoms with Crippen LogP contribution in [-0.2, 0) is 6.54 Å². The van der Waals surface area contributed by atoms with Gasteiger partial charge in [-0.05, 0) is 44.0 Å².